The van der Waals surface area contributed by atoms with E-state index in [2.05, 4.69) is 5.32 Å². The summed E-state index contributed by atoms with van der Waals surface area (Å²) in [4.78, 5) is 28.0. The smallest absolute Gasteiger partial charge is 0.264 e. The molecule has 0 saturated heterocycles. The van der Waals surface area contributed by atoms with Crippen molar-refractivity contribution in [1.82, 2.24) is 10.2 Å². The molecule has 0 spiro atoms. The monoisotopic (exact) mass is 569 g/mol. The lowest BCUT2D eigenvalue weighted by atomic mass is 10.1. The van der Waals surface area contributed by atoms with Crippen LogP contribution < -0.4 is 14.4 Å². The van der Waals surface area contributed by atoms with Gasteiger partial charge in [-0.05, 0) is 62.7 Å². The van der Waals surface area contributed by atoms with E-state index in [0.29, 0.717) is 12.3 Å². The minimum absolute atomic E-state index is 0.0346. The van der Waals surface area contributed by atoms with Gasteiger partial charge >= 0.3 is 0 Å². The summed E-state index contributed by atoms with van der Waals surface area (Å²) < 4.78 is 48.4. The average molecular weight is 570 g/mol. The number of nitrogens with one attached hydrogen (secondary N) is 1. The van der Waals surface area contributed by atoms with E-state index in [1.54, 1.807) is 37.3 Å². The number of unbranched alkanes of at least 4 members (excludes halogenated alkanes) is 1. The quantitative estimate of drug-likeness (QED) is 0.302. The van der Waals surface area contributed by atoms with E-state index >= 15 is 0 Å². The Bertz CT molecular complexity index is 1400. The number of benzene rings is 3. The molecule has 0 aromatic heterocycles. The van der Waals surface area contributed by atoms with E-state index in [0.717, 1.165) is 22.7 Å². The van der Waals surface area contributed by atoms with Crippen molar-refractivity contribution in [3.63, 3.8) is 0 Å². The molecule has 40 heavy (non-hydrogen) atoms. The lowest BCUT2D eigenvalue weighted by molar-refractivity contribution is -0.139. The van der Waals surface area contributed by atoms with Crippen molar-refractivity contribution < 1.29 is 27.1 Å². The van der Waals surface area contributed by atoms with Crippen LogP contribution in [-0.2, 0) is 26.2 Å². The van der Waals surface area contributed by atoms with Crippen LogP contribution in [0.1, 0.15) is 37.8 Å². The van der Waals surface area contributed by atoms with E-state index in [4.69, 9.17) is 4.74 Å². The molecule has 0 radical (unpaired) electrons. The first-order valence-corrected chi connectivity index (χ1v) is 14.6. The maximum absolute atomic E-state index is 14.6. The number of nitrogens with zero attached hydrogens (tertiary/aromatic N) is 2. The average Bonchev–Trinajstić information content (AvgIpc) is 2.95. The molecule has 0 fully saturated rings. The van der Waals surface area contributed by atoms with Crippen LogP contribution in [0.3, 0.4) is 0 Å². The topological polar surface area (TPSA) is 96.0 Å². The molecule has 8 nitrogen and oxygen atoms in total. The number of halogens is 1. The predicted molar refractivity (Wildman–Crippen MR) is 153 cm³/mol. The van der Waals surface area contributed by atoms with Gasteiger partial charge in [-0.2, -0.15) is 0 Å². The van der Waals surface area contributed by atoms with Crippen molar-refractivity contribution in [2.24, 2.45) is 0 Å². The summed E-state index contributed by atoms with van der Waals surface area (Å²) in [6, 6.07) is 17.6. The molecular weight excluding hydrogens is 533 g/mol. The predicted octanol–water partition coefficient (Wildman–Crippen LogP) is 4.67. The van der Waals surface area contributed by atoms with E-state index in [9.17, 15) is 22.4 Å². The molecule has 0 saturated carbocycles. The van der Waals surface area contributed by atoms with Crippen molar-refractivity contribution in [2.45, 2.75) is 51.1 Å². The van der Waals surface area contributed by atoms with Crippen molar-refractivity contribution >= 4 is 27.5 Å². The number of carbonyl (C=O) groups is 2. The van der Waals surface area contributed by atoms with Gasteiger partial charge in [0.15, 0.2) is 0 Å². The number of hydrogen-bond donors (Lipinski definition) is 1. The van der Waals surface area contributed by atoms with Gasteiger partial charge in [0, 0.05) is 18.7 Å². The minimum Gasteiger partial charge on any atom is -0.497 e. The fraction of sp³-hybridized carbons (Fsp3) is 0.333. The van der Waals surface area contributed by atoms with E-state index in [1.807, 2.05) is 13.8 Å². The second-order valence-corrected chi connectivity index (χ2v) is 11.3. The zero-order chi connectivity index (χ0) is 29.3. The maximum Gasteiger partial charge on any atom is 0.264 e. The number of hydrogen-bond acceptors (Lipinski definition) is 5. The number of ether oxygens (including phenoxy) is 1. The van der Waals surface area contributed by atoms with Crippen LogP contribution in [0.4, 0.5) is 10.1 Å². The Labute approximate surface area is 235 Å². The minimum atomic E-state index is -4.21. The van der Waals surface area contributed by atoms with Crippen LogP contribution in [0.5, 0.6) is 5.75 Å². The molecule has 3 aromatic rings. The van der Waals surface area contributed by atoms with Gasteiger partial charge in [-0.1, -0.05) is 49.2 Å². The first-order chi connectivity index (χ1) is 19.1. The number of methoxy groups -OCH3 is 1. The van der Waals surface area contributed by atoms with Crippen molar-refractivity contribution in [1.29, 1.82) is 0 Å². The van der Waals surface area contributed by atoms with Crippen LogP contribution >= 0.6 is 0 Å². The summed E-state index contributed by atoms with van der Waals surface area (Å²) in [5.74, 6) is -1.10. The first-order valence-electron chi connectivity index (χ1n) is 13.1. The third-order valence-electron chi connectivity index (χ3n) is 6.54. The van der Waals surface area contributed by atoms with E-state index in [-0.39, 0.29) is 22.7 Å². The lowest BCUT2D eigenvalue weighted by Gasteiger charge is -2.32. The molecule has 0 bridgehead atoms. The standard InChI is InChI=1S/C30H36FN3O5S/c1-5-6-19-32-30(36)23(3)33(20-24-9-7-8-10-28(24)31)29(35)21-34(25-13-11-22(2)12-14-25)40(37,38)27-17-15-26(39-4)16-18-27/h7-18,23H,5-6,19-21H2,1-4H3,(H,32,36)/t23-/m0/s1. The Balaban J connectivity index is 2.00. The van der Waals surface area contributed by atoms with Gasteiger partial charge in [-0.3, -0.25) is 13.9 Å². The molecule has 1 atom stereocenters. The zero-order valence-corrected chi connectivity index (χ0v) is 24.1. The molecule has 3 aromatic carbocycles. The van der Waals surface area contributed by atoms with Crippen molar-refractivity contribution in [2.75, 3.05) is 24.5 Å². The van der Waals surface area contributed by atoms with Crippen LogP contribution in [0, 0.1) is 12.7 Å². The normalized spacial score (nSPS) is 11.9. The van der Waals surface area contributed by atoms with Gasteiger partial charge in [0.2, 0.25) is 11.8 Å². The second-order valence-electron chi connectivity index (χ2n) is 9.46. The van der Waals surface area contributed by atoms with Gasteiger partial charge < -0.3 is 15.0 Å². The highest BCUT2D eigenvalue weighted by molar-refractivity contribution is 7.92. The van der Waals surface area contributed by atoms with E-state index < -0.39 is 40.2 Å². The fourth-order valence-electron chi connectivity index (χ4n) is 4.04. The van der Waals surface area contributed by atoms with Gasteiger partial charge in [-0.25, -0.2) is 12.8 Å². The van der Waals surface area contributed by atoms with Gasteiger partial charge in [0.05, 0.1) is 17.7 Å². The van der Waals surface area contributed by atoms with Gasteiger partial charge in [0.1, 0.15) is 24.2 Å². The molecule has 3 rings (SSSR count). The summed E-state index contributed by atoms with van der Waals surface area (Å²) >= 11 is 0. The maximum atomic E-state index is 14.6. The summed E-state index contributed by atoms with van der Waals surface area (Å²) in [6.07, 6.45) is 1.64. The Morgan fingerprint density at radius 3 is 2.25 bits per heavy atom. The highest BCUT2D eigenvalue weighted by atomic mass is 32.2. The first kappa shape index (κ1) is 30.6. The fourth-order valence-corrected chi connectivity index (χ4v) is 5.46. The molecule has 0 unspecified atom stereocenters. The Kier molecular flexibility index (Phi) is 10.7. The van der Waals surface area contributed by atoms with E-state index in [1.165, 1.54) is 54.5 Å². The number of anilines is 1. The van der Waals surface area contributed by atoms with Gasteiger partial charge in [-0.15, -0.1) is 0 Å². The third-order valence-corrected chi connectivity index (χ3v) is 8.33. The number of aryl methyl sites for hydroxylation is 1. The Hall–Kier alpha value is -3.92. The number of carbonyl (C=O) groups excluding carboxylic acids is 2. The summed E-state index contributed by atoms with van der Waals surface area (Å²) in [5.41, 5.74) is 1.40. The summed E-state index contributed by atoms with van der Waals surface area (Å²) in [7, 11) is -2.73. The molecule has 0 aliphatic heterocycles. The van der Waals surface area contributed by atoms with Crippen LogP contribution in [0.15, 0.2) is 77.7 Å². The molecular formula is C30H36FN3O5S. The molecule has 0 aliphatic rings. The van der Waals surface area contributed by atoms with Crippen LogP contribution in [0.2, 0.25) is 0 Å². The van der Waals surface area contributed by atoms with Crippen LogP contribution in [-0.4, -0.2) is 51.4 Å². The molecule has 214 valence electrons. The highest BCUT2D eigenvalue weighted by Crippen LogP contribution is 2.26. The Morgan fingerprint density at radius 1 is 1.00 bits per heavy atom. The molecule has 2 amide bonds. The van der Waals surface area contributed by atoms with Gasteiger partial charge in [0.25, 0.3) is 10.0 Å². The number of sulfonamides is 1. The number of amides is 2. The summed E-state index contributed by atoms with van der Waals surface area (Å²) in [5, 5.41) is 2.81. The van der Waals surface area contributed by atoms with Crippen LogP contribution in [0.25, 0.3) is 0 Å². The lowest BCUT2D eigenvalue weighted by Crippen LogP contribution is -2.51. The third kappa shape index (κ3) is 7.59. The Morgan fingerprint density at radius 2 is 1.65 bits per heavy atom. The molecule has 10 heteroatoms. The van der Waals surface area contributed by atoms with Crippen molar-refractivity contribution in [3.05, 3.63) is 89.7 Å². The molecule has 0 aliphatic carbocycles. The molecule has 1 N–H and O–H groups in total. The summed E-state index contributed by atoms with van der Waals surface area (Å²) in [6.45, 7) is 5.03. The number of rotatable bonds is 13. The van der Waals surface area contributed by atoms with Crippen molar-refractivity contribution in [3.8, 4) is 5.75 Å². The second kappa shape index (κ2) is 13.9. The molecule has 0 heterocycles. The zero-order valence-electron chi connectivity index (χ0n) is 23.3. The largest absolute Gasteiger partial charge is 0.497 e. The SMILES string of the molecule is CCCCNC(=O)[C@H](C)N(Cc1ccccc1F)C(=O)CN(c1ccc(C)cc1)S(=O)(=O)c1ccc(OC)cc1. The highest BCUT2D eigenvalue weighted by Gasteiger charge is 2.32.